The van der Waals surface area contributed by atoms with Crippen molar-refractivity contribution in [1.82, 2.24) is 19.7 Å². The van der Waals surface area contributed by atoms with Crippen LogP contribution >= 0.6 is 0 Å². The molecule has 1 aliphatic heterocycles. The molecule has 3 rings (SSSR count). The second-order valence-electron chi connectivity index (χ2n) is 5.48. The summed E-state index contributed by atoms with van der Waals surface area (Å²) in [5, 5.41) is 18.6. The summed E-state index contributed by atoms with van der Waals surface area (Å²) in [6.45, 7) is 2.37. The molecule has 3 heterocycles. The van der Waals surface area contributed by atoms with E-state index in [1.165, 1.54) is 13.3 Å². The first-order chi connectivity index (χ1) is 11.5. The molecule has 1 unspecified atom stereocenters. The van der Waals surface area contributed by atoms with Gasteiger partial charge in [0.25, 0.3) is 0 Å². The van der Waals surface area contributed by atoms with Crippen LogP contribution in [0.4, 0.5) is 11.5 Å². The minimum absolute atomic E-state index is 0.0348. The van der Waals surface area contributed by atoms with Crippen LogP contribution in [-0.4, -0.2) is 43.8 Å². The zero-order valence-corrected chi connectivity index (χ0v) is 13.2. The summed E-state index contributed by atoms with van der Waals surface area (Å²) in [4.78, 5) is 30.6. The number of nitrogens with one attached hydrogen (secondary N) is 1. The van der Waals surface area contributed by atoms with Crippen LogP contribution in [0.15, 0.2) is 12.3 Å². The van der Waals surface area contributed by atoms with Crippen molar-refractivity contribution < 1.29 is 14.5 Å². The lowest BCUT2D eigenvalue weighted by Gasteiger charge is -2.23. The average Bonchev–Trinajstić information content (AvgIpc) is 2.93. The third-order valence-electron chi connectivity index (χ3n) is 3.79. The number of pyridine rings is 1. The van der Waals surface area contributed by atoms with E-state index in [9.17, 15) is 14.9 Å². The maximum atomic E-state index is 11.5. The Hall–Kier alpha value is -3.04. The molecule has 10 nitrogen and oxygen atoms in total. The number of nitro groups is 1. The summed E-state index contributed by atoms with van der Waals surface area (Å²) in [5.41, 5.74) is -0.231. The van der Waals surface area contributed by atoms with E-state index in [4.69, 9.17) is 0 Å². The van der Waals surface area contributed by atoms with Gasteiger partial charge in [-0.05, 0) is 13.3 Å². The number of esters is 1. The third kappa shape index (κ3) is 3.03. The van der Waals surface area contributed by atoms with Gasteiger partial charge in [-0.1, -0.05) is 0 Å². The Kier molecular flexibility index (Phi) is 4.11. The maximum absolute atomic E-state index is 11.5. The van der Waals surface area contributed by atoms with E-state index < -0.39 is 10.9 Å². The first-order valence-electron chi connectivity index (χ1n) is 7.37. The van der Waals surface area contributed by atoms with Gasteiger partial charge in [-0.15, -0.1) is 0 Å². The normalized spacial score (nSPS) is 16.3. The molecule has 0 fully saturated rings. The number of rotatable bonds is 4. The second kappa shape index (κ2) is 6.22. The SMILES string of the molecule is COC(=O)c1cnc(NC2CCc3nc(C)nn3C2)c([N+](=O)[O-])c1. The smallest absolute Gasteiger partial charge is 0.339 e. The number of fused-ring (bicyclic) bond motifs is 1. The van der Waals surface area contributed by atoms with E-state index >= 15 is 0 Å². The molecule has 0 saturated carbocycles. The first-order valence-corrected chi connectivity index (χ1v) is 7.37. The minimum Gasteiger partial charge on any atom is -0.465 e. The van der Waals surface area contributed by atoms with Crippen LogP contribution in [-0.2, 0) is 17.7 Å². The zero-order chi connectivity index (χ0) is 17.3. The Bertz CT molecular complexity index is 803. The maximum Gasteiger partial charge on any atom is 0.339 e. The standard InChI is InChI=1S/C14H16N6O4/c1-8-16-12-4-3-10(7-19(12)18-8)17-13-11(20(22)23)5-9(6-15-13)14(21)24-2/h5-6,10H,3-4,7H2,1-2H3,(H,15,17). The molecule has 2 aromatic heterocycles. The van der Waals surface area contributed by atoms with Crippen LogP contribution in [0.2, 0.25) is 0 Å². The number of methoxy groups -OCH3 is 1. The molecule has 1 N–H and O–H groups in total. The lowest BCUT2D eigenvalue weighted by molar-refractivity contribution is -0.384. The molecule has 126 valence electrons. The number of carbonyl (C=O) groups excluding carboxylic acids is 1. The van der Waals surface area contributed by atoms with Gasteiger partial charge in [-0.2, -0.15) is 5.10 Å². The van der Waals surface area contributed by atoms with Crippen molar-refractivity contribution in [2.75, 3.05) is 12.4 Å². The predicted octanol–water partition coefficient (Wildman–Crippen LogP) is 1.10. The van der Waals surface area contributed by atoms with Crippen LogP contribution in [0.25, 0.3) is 0 Å². The number of hydrogen-bond donors (Lipinski definition) is 1. The highest BCUT2D eigenvalue weighted by Crippen LogP contribution is 2.26. The molecule has 10 heteroatoms. The Morgan fingerprint density at radius 2 is 2.33 bits per heavy atom. The number of hydrogen-bond acceptors (Lipinski definition) is 8. The van der Waals surface area contributed by atoms with Gasteiger partial charge in [-0.25, -0.2) is 19.4 Å². The highest BCUT2D eigenvalue weighted by atomic mass is 16.6. The number of ether oxygens (including phenoxy) is 1. The molecule has 0 saturated heterocycles. The topological polar surface area (TPSA) is 125 Å². The predicted molar refractivity (Wildman–Crippen MR) is 82.7 cm³/mol. The second-order valence-corrected chi connectivity index (χ2v) is 5.48. The molecular formula is C14H16N6O4. The van der Waals surface area contributed by atoms with E-state index in [0.29, 0.717) is 12.4 Å². The number of anilines is 1. The summed E-state index contributed by atoms with van der Waals surface area (Å²) in [6.07, 6.45) is 2.75. The molecule has 1 atom stereocenters. The number of nitrogens with zero attached hydrogens (tertiary/aromatic N) is 5. The van der Waals surface area contributed by atoms with Gasteiger partial charge >= 0.3 is 11.7 Å². The van der Waals surface area contributed by atoms with Crippen molar-refractivity contribution in [3.05, 3.63) is 39.6 Å². The Morgan fingerprint density at radius 3 is 3.04 bits per heavy atom. The third-order valence-corrected chi connectivity index (χ3v) is 3.79. The van der Waals surface area contributed by atoms with Crippen molar-refractivity contribution in [2.45, 2.75) is 32.4 Å². The summed E-state index contributed by atoms with van der Waals surface area (Å²) < 4.78 is 6.36. The molecule has 2 aromatic rings. The number of aryl methyl sites for hydroxylation is 2. The number of aromatic nitrogens is 4. The van der Waals surface area contributed by atoms with E-state index in [0.717, 1.165) is 24.7 Å². The van der Waals surface area contributed by atoms with Crippen LogP contribution in [0.5, 0.6) is 0 Å². The van der Waals surface area contributed by atoms with E-state index in [-0.39, 0.29) is 23.1 Å². The van der Waals surface area contributed by atoms with Crippen LogP contribution in [0.3, 0.4) is 0 Å². The van der Waals surface area contributed by atoms with Crippen molar-refractivity contribution >= 4 is 17.5 Å². The van der Waals surface area contributed by atoms with Crippen molar-refractivity contribution in [3.8, 4) is 0 Å². The van der Waals surface area contributed by atoms with Crippen molar-refractivity contribution in [1.29, 1.82) is 0 Å². The Balaban J connectivity index is 1.82. The summed E-state index contributed by atoms with van der Waals surface area (Å²) in [7, 11) is 1.21. The van der Waals surface area contributed by atoms with Crippen molar-refractivity contribution in [3.63, 3.8) is 0 Å². The van der Waals surface area contributed by atoms with E-state index in [2.05, 4.69) is 25.1 Å². The van der Waals surface area contributed by atoms with Gasteiger partial charge in [0.05, 0.1) is 24.1 Å². The fraction of sp³-hybridized carbons (Fsp3) is 0.429. The summed E-state index contributed by atoms with van der Waals surface area (Å²) in [5.74, 6) is 1.07. The molecule has 0 amide bonds. The van der Waals surface area contributed by atoms with Gasteiger partial charge in [-0.3, -0.25) is 10.1 Å². The van der Waals surface area contributed by atoms with Gasteiger partial charge < -0.3 is 10.1 Å². The van der Waals surface area contributed by atoms with Gasteiger partial charge in [0.2, 0.25) is 5.82 Å². The summed E-state index contributed by atoms with van der Waals surface area (Å²) >= 11 is 0. The summed E-state index contributed by atoms with van der Waals surface area (Å²) in [6, 6.07) is 1.10. The van der Waals surface area contributed by atoms with Gasteiger partial charge in [0.1, 0.15) is 11.6 Å². The van der Waals surface area contributed by atoms with E-state index in [1.807, 2.05) is 6.92 Å². The molecule has 24 heavy (non-hydrogen) atoms. The van der Waals surface area contributed by atoms with Gasteiger partial charge in [0.15, 0.2) is 0 Å². The first kappa shape index (κ1) is 15.8. The Morgan fingerprint density at radius 1 is 1.54 bits per heavy atom. The Labute approximate surface area is 137 Å². The van der Waals surface area contributed by atoms with Gasteiger partial charge in [0, 0.05) is 24.7 Å². The minimum atomic E-state index is -0.669. The molecule has 0 radical (unpaired) electrons. The fourth-order valence-corrected chi connectivity index (χ4v) is 2.68. The van der Waals surface area contributed by atoms with Crippen molar-refractivity contribution in [2.24, 2.45) is 0 Å². The van der Waals surface area contributed by atoms with Crippen LogP contribution in [0.1, 0.15) is 28.4 Å². The zero-order valence-electron chi connectivity index (χ0n) is 13.2. The van der Waals surface area contributed by atoms with Crippen LogP contribution in [0, 0.1) is 17.0 Å². The fourth-order valence-electron chi connectivity index (χ4n) is 2.68. The molecule has 0 bridgehead atoms. The number of carbonyl (C=O) groups is 1. The molecular weight excluding hydrogens is 316 g/mol. The molecule has 1 aliphatic rings. The molecule has 0 aromatic carbocycles. The van der Waals surface area contributed by atoms with E-state index in [1.54, 1.807) is 4.68 Å². The molecule has 0 spiro atoms. The largest absolute Gasteiger partial charge is 0.465 e. The average molecular weight is 332 g/mol. The lowest BCUT2D eigenvalue weighted by Crippen LogP contribution is -2.32. The lowest BCUT2D eigenvalue weighted by atomic mass is 10.1. The monoisotopic (exact) mass is 332 g/mol. The molecule has 0 aliphatic carbocycles. The van der Waals surface area contributed by atoms with Crippen LogP contribution < -0.4 is 5.32 Å². The highest BCUT2D eigenvalue weighted by Gasteiger charge is 2.25. The highest BCUT2D eigenvalue weighted by molar-refractivity contribution is 5.90. The quantitative estimate of drug-likeness (QED) is 0.501.